The summed E-state index contributed by atoms with van der Waals surface area (Å²) in [6, 6.07) is 3.14. The molecule has 1 aliphatic heterocycles. The fourth-order valence-corrected chi connectivity index (χ4v) is 3.41. The Bertz CT molecular complexity index is 677. The van der Waals surface area contributed by atoms with Crippen LogP contribution in [0, 0.1) is 6.92 Å². The number of hydrogen-bond donors (Lipinski definition) is 0. The first kappa shape index (κ1) is 12.2. The highest BCUT2D eigenvalue weighted by Gasteiger charge is 2.40. The maximum Gasteiger partial charge on any atom is 0.244 e. The van der Waals surface area contributed by atoms with Crippen LogP contribution in [0.2, 0.25) is 0 Å². The molecule has 7 nitrogen and oxygen atoms in total. The van der Waals surface area contributed by atoms with Gasteiger partial charge in [-0.05, 0) is 19.1 Å². The molecule has 100 valence electrons. The van der Waals surface area contributed by atoms with Gasteiger partial charge in [0.1, 0.15) is 4.90 Å². The molecule has 2 aromatic rings. The molecule has 2 aromatic heterocycles. The third-order valence-corrected chi connectivity index (χ3v) is 4.83. The molecule has 0 aromatic carbocycles. The van der Waals surface area contributed by atoms with Crippen molar-refractivity contribution in [1.82, 2.24) is 19.4 Å². The number of aromatic nitrogens is 3. The molecule has 0 spiro atoms. The highest BCUT2D eigenvalue weighted by Crippen LogP contribution is 2.30. The van der Waals surface area contributed by atoms with Crippen molar-refractivity contribution in [3.63, 3.8) is 0 Å². The summed E-state index contributed by atoms with van der Waals surface area (Å²) in [4.78, 5) is 8.14. The quantitative estimate of drug-likeness (QED) is 0.816. The summed E-state index contributed by atoms with van der Waals surface area (Å²) < 4.78 is 30.9. The summed E-state index contributed by atoms with van der Waals surface area (Å²) in [5.74, 6) is 1.03. The first-order valence-electron chi connectivity index (χ1n) is 5.78. The van der Waals surface area contributed by atoms with E-state index in [9.17, 15) is 8.42 Å². The van der Waals surface area contributed by atoms with Gasteiger partial charge in [0.25, 0.3) is 0 Å². The Balaban J connectivity index is 1.74. The van der Waals surface area contributed by atoms with Gasteiger partial charge in [0.05, 0.1) is 5.92 Å². The number of pyridine rings is 1. The van der Waals surface area contributed by atoms with Crippen molar-refractivity contribution >= 4 is 10.0 Å². The van der Waals surface area contributed by atoms with Crippen LogP contribution in [-0.2, 0) is 10.0 Å². The number of rotatable bonds is 3. The summed E-state index contributed by atoms with van der Waals surface area (Å²) >= 11 is 0. The van der Waals surface area contributed by atoms with Gasteiger partial charge in [-0.25, -0.2) is 8.42 Å². The monoisotopic (exact) mass is 280 g/mol. The third-order valence-electron chi connectivity index (χ3n) is 3.01. The van der Waals surface area contributed by atoms with Crippen molar-refractivity contribution in [3.8, 4) is 0 Å². The van der Waals surface area contributed by atoms with E-state index in [0.717, 1.165) is 0 Å². The summed E-state index contributed by atoms with van der Waals surface area (Å²) in [6.45, 7) is 2.45. The number of hydrogen-bond acceptors (Lipinski definition) is 6. The van der Waals surface area contributed by atoms with Gasteiger partial charge in [-0.15, -0.1) is 0 Å². The van der Waals surface area contributed by atoms with Gasteiger partial charge in [0, 0.05) is 25.5 Å². The predicted molar refractivity (Wildman–Crippen MR) is 64.8 cm³/mol. The normalized spacial score (nSPS) is 17.3. The van der Waals surface area contributed by atoms with Gasteiger partial charge in [-0.3, -0.25) is 4.98 Å². The fraction of sp³-hybridized carbons (Fsp3) is 0.364. The SMILES string of the molecule is Cc1noc(C2CN(S(=O)(=O)c3cccnc3)C2)n1. The van der Waals surface area contributed by atoms with Crippen LogP contribution in [-0.4, -0.2) is 40.9 Å². The van der Waals surface area contributed by atoms with Crippen LogP contribution in [0.1, 0.15) is 17.6 Å². The summed E-state index contributed by atoms with van der Waals surface area (Å²) in [5.41, 5.74) is 0. The molecule has 8 heteroatoms. The van der Waals surface area contributed by atoms with Crippen LogP contribution < -0.4 is 0 Å². The molecule has 1 saturated heterocycles. The fourth-order valence-electron chi connectivity index (χ4n) is 1.92. The minimum absolute atomic E-state index is 0.0207. The van der Waals surface area contributed by atoms with E-state index in [2.05, 4.69) is 15.1 Å². The Morgan fingerprint density at radius 2 is 2.21 bits per heavy atom. The van der Waals surface area contributed by atoms with E-state index in [1.54, 1.807) is 19.2 Å². The molecule has 3 heterocycles. The molecule has 1 aliphatic rings. The molecule has 0 radical (unpaired) electrons. The van der Waals surface area contributed by atoms with Crippen molar-refractivity contribution < 1.29 is 12.9 Å². The molecule has 0 amide bonds. The van der Waals surface area contributed by atoms with Gasteiger partial charge in [0.2, 0.25) is 15.9 Å². The summed E-state index contributed by atoms with van der Waals surface area (Å²) in [7, 11) is -3.46. The first-order valence-corrected chi connectivity index (χ1v) is 7.22. The van der Waals surface area contributed by atoms with E-state index < -0.39 is 10.0 Å². The Hall–Kier alpha value is -1.80. The van der Waals surface area contributed by atoms with Crippen LogP contribution in [0.15, 0.2) is 33.9 Å². The van der Waals surface area contributed by atoms with Crippen LogP contribution in [0.25, 0.3) is 0 Å². The lowest BCUT2D eigenvalue weighted by Gasteiger charge is -2.35. The largest absolute Gasteiger partial charge is 0.339 e. The zero-order chi connectivity index (χ0) is 13.5. The van der Waals surface area contributed by atoms with E-state index >= 15 is 0 Å². The molecule has 1 fully saturated rings. The van der Waals surface area contributed by atoms with Crippen molar-refractivity contribution in [2.24, 2.45) is 0 Å². The minimum atomic E-state index is -3.46. The maximum absolute atomic E-state index is 12.2. The Labute approximate surface area is 110 Å². The molecular formula is C11H12N4O3S. The van der Waals surface area contributed by atoms with Crippen LogP contribution >= 0.6 is 0 Å². The molecule has 0 bridgehead atoms. The van der Waals surface area contributed by atoms with Gasteiger partial charge < -0.3 is 4.52 Å². The lowest BCUT2D eigenvalue weighted by Crippen LogP contribution is -2.48. The van der Waals surface area contributed by atoms with E-state index in [1.165, 1.54) is 16.6 Å². The third kappa shape index (κ3) is 2.13. The van der Waals surface area contributed by atoms with E-state index in [0.29, 0.717) is 24.8 Å². The second kappa shape index (κ2) is 4.39. The highest BCUT2D eigenvalue weighted by atomic mass is 32.2. The second-order valence-electron chi connectivity index (χ2n) is 4.39. The topological polar surface area (TPSA) is 89.2 Å². The van der Waals surface area contributed by atoms with Gasteiger partial charge in [-0.2, -0.15) is 9.29 Å². The maximum atomic E-state index is 12.2. The number of aryl methyl sites for hydroxylation is 1. The van der Waals surface area contributed by atoms with E-state index in [1.807, 2.05) is 0 Å². The molecule has 0 atom stereocenters. The number of sulfonamides is 1. The van der Waals surface area contributed by atoms with E-state index in [-0.39, 0.29) is 10.8 Å². The van der Waals surface area contributed by atoms with Crippen molar-refractivity contribution in [3.05, 3.63) is 36.2 Å². The average molecular weight is 280 g/mol. The highest BCUT2D eigenvalue weighted by molar-refractivity contribution is 7.89. The molecule has 0 N–H and O–H groups in total. The lowest BCUT2D eigenvalue weighted by atomic mass is 10.0. The molecule has 3 rings (SSSR count). The van der Waals surface area contributed by atoms with Crippen molar-refractivity contribution in [1.29, 1.82) is 0 Å². The lowest BCUT2D eigenvalue weighted by molar-refractivity contribution is 0.216. The van der Waals surface area contributed by atoms with Crippen molar-refractivity contribution in [2.45, 2.75) is 17.7 Å². The zero-order valence-corrected chi connectivity index (χ0v) is 11.0. The van der Waals surface area contributed by atoms with Gasteiger partial charge in [0.15, 0.2) is 5.82 Å². The zero-order valence-electron chi connectivity index (χ0n) is 10.2. The molecular weight excluding hydrogens is 268 g/mol. The predicted octanol–water partition coefficient (Wildman–Crippen LogP) is 0.561. The molecule has 0 unspecified atom stereocenters. The standard InChI is InChI=1S/C11H12N4O3S/c1-8-13-11(18-14-8)9-6-15(7-9)19(16,17)10-3-2-4-12-5-10/h2-5,9H,6-7H2,1H3. The first-order chi connectivity index (χ1) is 9.07. The Morgan fingerprint density at radius 3 is 2.79 bits per heavy atom. The molecule has 0 aliphatic carbocycles. The smallest absolute Gasteiger partial charge is 0.244 e. The van der Waals surface area contributed by atoms with E-state index in [4.69, 9.17) is 4.52 Å². The Kier molecular flexibility index (Phi) is 2.83. The van der Waals surface area contributed by atoms with Crippen molar-refractivity contribution in [2.75, 3.05) is 13.1 Å². The summed E-state index contributed by atoms with van der Waals surface area (Å²) in [5, 5.41) is 3.70. The summed E-state index contributed by atoms with van der Waals surface area (Å²) in [6.07, 6.45) is 2.89. The number of nitrogens with zero attached hydrogens (tertiary/aromatic N) is 4. The second-order valence-corrected chi connectivity index (χ2v) is 6.33. The Morgan fingerprint density at radius 1 is 1.42 bits per heavy atom. The van der Waals surface area contributed by atoms with Crippen LogP contribution in [0.5, 0.6) is 0 Å². The van der Waals surface area contributed by atoms with Crippen LogP contribution in [0.4, 0.5) is 0 Å². The minimum Gasteiger partial charge on any atom is -0.339 e. The molecule has 19 heavy (non-hydrogen) atoms. The van der Waals surface area contributed by atoms with Crippen LogP contribution in [0.3, 0.4) is 0 Å². The van der Waals surface area contributed by atoms with Gasteiger partial charge in [-0.1, -0.05) is 5.16 Å². The average Bonchev–Trinajstić information content (AvgIpc) is 2.74. The van der Waals surface area contributed by atoms with Gasteiger partial charge >= 0.3 is 0 Å². The molecule has 0 saturated carbocycles.